The van der Waals surface area contributed by atoms with Crippen molar-refractivity contribution in [3.8, 4) is 0 Å². The van der Waals surface area contributed by atoms with Gasteiger partial charge >= 0.3 is 0 Å². The number of carbonyl (C=O) groups excluding carboxylic acids is 2. The van der Waals surface area contributed by atoms with E-state index in [4.69, 9.17) is 0 Å². The number of nitrogens with one attached hydrogen (secondary N) is 1. The molecule has 4 nitrogen and oxygen atoms in total. The van der Waals surface area contributed by atoms with Gasteiger partial charge in [0.15, 0.2) is 0 Å². The van der Waals surface area contributed by atoms with Gasteiger partial charge in [-0.3, -0.25) is 9.59 Å². The zero-order valence-electron chi connectivity index (χ0n) is 12.3. The van der Waals surface area contributed by atoms with Gasteiger partial charge in [0, 0.05) is 23.8 Å². The van der Waals surface area contributed by atoms with Crippen molar-refractivity contribution in [3.05, 3.63) is 45.9 Å². The van der Waals surface area contributed by atoms with Gasteiger partial charge in [0.25, 0.3) is 5.91 Å². The van der Waals surface area contributed by atoms with Crippen molar-refractivity contribution in [3.63, 3.8) is 0 Å². The third-order valence-corrected chi connectivity index (χ3v) is 5.36. The molecular weight excluding hydrogens is 315 g/mol. The Morgan fingerprint density at radius 1 is 1.26 bits per heavy atom. The lowest BCUT2D eigenvalue weighted by Crippen LogP contribution is -2.30. The third-order valence-electron chi connectivity index (χ3n) is 4.18. The number of nitrogens with zero attached hydrogens (tertiary/aromatic N) is 1. The van der Waals surface area contributed by atoms with Gasteiger partial charge in [0.1, 0.15) is 5.82 Å². The molecule has 1 saturated carbocycles. The first-order valence-corrected chi connectivity index (χ1v) is 8.45. The largest absolute Gasteiger partial charge is 0.319 e. The molecule has 2 amide bonds. The number of hydrogen-bond acceptors (Lipinski definition) is 3. The van der Waals surface area contributed by atoms with Crippen LogP contribution in [-0.4, -0.2) is 18.4 Å². The van der Waals surface area contributed by atoms with Crippen LogP contribution >= 0.6 is 11.3 Å². The standard InChI is InChI=1S/C17H15FN2O2S/c18-11-3-1-2-4-12(11)19-16(21)15-9-13-14(23-15)7-8-20(13)17(22)10-5-6-10/h1-4,9-10H,5-8H2,(H,19,21). The van der Waals surface area contributed by atoms with Crippen LogP contribution in [-0.2, 0) is 11.2 Å². The molecule has 1 N–H and O–H groups in total. The lowest BCUT2D eigenvalue weighted by Gasteiger charge is -2.15. The van der Waals surface area contributed by atoms with E-state index in [1.54, 1.807) is 23.1 Å². The molecule has 0 bridgehead atoms. The molecule has 0 saturated heterocycles. The summed E-state index contributed by atoms with van der Waals surface area (Å²) in [6.07, 6.45) is 2.72. The Balaban J connectivity index is 1.55. The lowest BCUT2D eigenvalue weighted by molar-refractivity contribution is -0.119. The molecule has 2 aromatic rings. The molecule has 0 spiro atoms. The van der Waals surface area contributed by atoms with Gasteiger partial charge in [-0.15, -0.1) is 11.3 Å². The summed E-state index contributed by atoms with van der Waals surface area (Å²) in [6, 6.07) is 7.83. The van der Waals surface area contributed by atoms with Gasteiger partial charge in [0.05, 0.1) is 16.3 Å². The Hall–Kier alpha value is -2.21. The summed E-state index contributed by atoms with van der Waals surface area (Å²) in [7, 11) is 0. The van der Waals surface area contributed by atoms with Crippen LogP contribution in [0.4, 0.5) is 15.8 Å². The van der Waals surface area contributed by atoms with Gasteiger partial charge < -0.3 is 10.2 Å². The number of fused-ring (bicyclic) bond motifs is 1. The summed E-state index contributed by atoms with van der Waals surface area (Å²) in [5.74, 6) is -0.469. The molecule has 2 aliphatic rings. The molecule has 0 unspecified atom stereocenters. The fourth-order valence-electron chi connectivity index (χ4n) is 2.80. The van der Waals surface area contributed by atoms with Gasteiger partial charge in [-0.1, -0.05) is 12.1 Å². The van der Waals surface area contributed by atoms with E-state index in [1.807, 2.05) is 0 Å². The average Bonchev–Trinajstić information content (AvgIpc) is 3.18. The monoisotopic (exact) mass is 330 g/mol. The zero-order chi connectivity index (χ0) is 16.0. The Labute approximate surface area is 136 Å². The minimum Gasteiger partial charge on any atom is -0.319 e. The smallest absolute Gasteiger partial charge is 0.265 e. The number of hydrogen-bond donors (Lipinski definition) is 1. The predicted molar refractivity (Wildman–Crippen MR) is 87.5 cm³/mol. The summed E-state index contributed by atoms with van der Waals surface area (Å²) in [5, 5.41) is 2.59. The highest BCUT2D eigenvalue weighted by atomic mass is 32.1. The van der Waals surface area contributed by atoms with Crippen LogP contribution in [0.1, 0.15) is 27.4 Å². The van der Waals surface area contributed by atoms with Crippen molar-refractivity contribution >= 4 is 34.5 Å². The van der Waals surface area contributed by atoms with E-state index in [2.05, 4.69) is 5.32 Å². The van der Waals surface area contributed by atoms with E-state index in [0.29, 0.717) is 11.4 Å². The van der Waals surface area contributed by atoms with Crippen molar-refractivity contribution in [2.24, 2.45) is 5.92 Å². The second-order valence-corrected chi connectivity index (χ2v) is 7.00. The maximum absolute atomic E-state index is 13.6. The molecule has 23 heavy (non-hydrogen) atoms. The molecule has 0 atom stereocenters. The van der Waals surface area contributed by atoms with E-state index in [-0.39, 0.29) is 23.4 Å². The van der Waals surface area contributed by atoms with Crippen LogP contribution in [0, 0.1) is 11.7 Å². The summed E-state index contributed by atoms with van der Waals surface area (Å²) >= 11 is 1.38. The second kappa shape index (κ2) is 5.45. The summed E-state index contributed by atoms with van der Waals surface area (Å²) in [5.41, 5.74) is 1.02. The van der Waals surface area contributed by atoms with Crippen molar-refractivity contribution < 1.29 is 14.0 Å². The maximum Gasteiger partial charge on any atom is 0.265 e. The van der Waals surface area contributed by atoms with E-state index in [9.17, 15) is 14.0 Å². The maximum atomic E-state index is 13.6. The molecule has 1 aliphatic carbocycles. The minimum atomic E-state index is -0.463. The van der Waals surface area contributed by atoms with Gasteiger partial charge in [-0.2, -0.15) is 0 Å². The Morgan fingerprint density at radius 3 is 2.78 bits per heavy atom. The average molecular weight is 330 g/mol. The van der Waals surface area contributed by atoms with Crippen LogP contribution in [0.5, 0.6) is 0 Å². The molecule has 2 heterocycles. The van der Waals surface area contributed by atoms with Crippen molar-refractivity contribution in [1.82, 2.24) is 0 Å². The zero-order valence-corrected chi connectivity index (χ0v) is 13.2. The molecule has 1 fully saturated rings. The molecule has 4 rings (SSSR count). The highest BCUT2D eigenvalue weighted by Crippen LogP contribution is 2.40. The van der Waals surface area contributed by atoms with Crippen molar-refractivity contribution in [1.29, 1.82) is 0 Å². The number of thiophene rings is 1. The fourth-order valence-corrected chi connectivity index (χ4v) is 3.85. The van der Waals surface area contributed by atoms with Gasteiger partial charge in [-0.25, -0.2) is 4.39 Å². The first-order valence-electron chi connectivity index (χ1n) is 7.63. The molecule has 6 heteroatoms. The number of halogens is 1. The summed E-state index contributed by atoms with van der Waals surface area (Å²) in [4.78, 5) is 27.9. The second-order valence-electron chi connectivity index (χ2n) is 5.87. The van der Waals surface area contributed by atoms with Crippen LogP contribution in [0.3, 0.4) is 0 Å². The third kappa shape index (κ3) is 2.63. The van der Waals surface area contributed by atoms with Crippen LogP contribution < -0.4 is 10.2 Å². The Morgan fingerprint density at radius 2 is 2.04 bits per heavy atom. The normalized spacial score (nSPS) is 16.3. The van der Waals surface area contributed by atoms with E-state index >= 15 is 0 Å². The van der Waals surface area contributed by atoms with E-state index in [1.165, 1.54) is 23.5 Å². The van der Waals surface area contributed by atoms with Gasteiger partial charge in [-0.05, 0) is 31.0 Å². The first-order chi connectivity index (χ1) is 11.1. The topological polar surface area (TPSA) is 49.4 Å². The first kappa shape index (κ1) is 14.4. The predicted octanol–water partition coefficient (Wildman–Crippen LogP) is 3.44. The molecule has 1 aromatic heterocycles. The Bertz CT molecular complexity index is 798. The minimum absolute atomic E-state index is 0.163. The molecule has 0 radical (unpaired) electrons. The SMILES string of the molecule is O=C(Nc1ccccc1F)c1cc2c(s1)CCN2C(=O)C1CC1. The number of amides is 2. The summed E-state index contributed by atoms with van der Waals surface area (Å²) in [6.45, 7) is 0.700. The lowest BCUT2D eigenvalue weighted by atomic mass is 10.3. The fraction of sp³-hybridized carbons (Fsp3) is 0.294. The van der Waals surface area contributed by atoms with Crippen molar-refractivity contribution in [2.75, 3.05) is 16.8 Å². The van der Waals surface area contributed by atoms with Crippen LogP contribution in [0.25, 0.3) is 0 Å². The van der Waals surface area contributed by atoms with E-state index < -0.39 is 5.82 Å². The molecule has 118 valence electrons. The number of carbonyl (C=O) groups is 2. The van der Waals surface area contributed by atoms with Crippen LogP contribution in [0.2, 0.25) is 0 Å². The van der Waals surface area contributed by atoms with Crippen molar-refractivity contribution in [2.45, 2.75) is 19.3 Å². The quantitative estimate of drug-likeness (QED) is 0.937. The van der Waals surface area contributed by atoms with E-state index in [0.717, 1.165) is 29.8 Å². The van der Waals surface area contributed by atoms with Gasteiger partial charge in [0.2, 0.25) is 5.91 Å². The highest BCUT2D eigenvalue weighted by molar-refractivity contribution is 7.14. The number of anilines is 2. The van der Waals surface area contributed by atoms with Crippen LogP contribution in [0.15, 0.2) is 30.3 Å². The molecular formula is C17H15FN2O2S. The number of rotatable bonds is 3. The summed E-state index contributed by atoms with van der Waals surface area (Å²) < 4.78 is 13.6. The molecule has 1 aliphatic heterocycles. The molecule has 1 aromatic carbocycles. The number of para-hydroxylation sites is 1. The number of benzene rings is 1. The highest BCUT2D eigenvalue weighted by Gasteiger charge is 2.37. The Kier molecular flexibility index (Phi) is 3.41.